The summed E-state index contributed by atoms with van der Waals surface area (Å²) in [5.74, 6) is 0.979. The van der Waals surface area contributed by atoms with Crippen molar-refractivity contribution in [2.75, 3.05) is 11.9 Å². The summed E-state index contributed by atoms with van der Waals surface area (Å²) >= 11 is 1.39. The van der Waals surface area contributed by atoms with E-state index >= 15 is 0 Å². The van der Waals surface area contributed by atoms with Gasteiger partial charge in [-0.25, -0.2) is 4.98 Å². The first kappa shape index (κ1) is 21.9. The highest BCUT2D eigenvalue weighted by Gasteiger charge is 2.13. The smallest absolute Gasteiger partial charge is 0.257 e. The number of thiazole rings is 1. The van der Waals surface area contributed by atoms with Crippen LogP contribution < -0.4 is 15.5 Å². The van der Waals surface area contributed by atoms with Gasteiger partial charge in [0.25, 0.3) is 5.91 Å². The average Bonchev–Trinajstić information content (AvgIpc) is 3.21. The van der Waals surface area contributed by atoms with E-state index in [-0.39, 0.29) is 11.3 Å². The monoisotopic (exact) mass is 470 g/mol. The second-order valence-corrected chi connectivity index (χ2v) is 9.08. The summed E-state index contributed by atoms with van der Waals surface area (Å²) in [4.78, 5) is 29.9. The number of nitrogens with zero attached hydrogens (tertiary/aromatic N) is 1. The van der Waals surface area contributed by atoms with Crippen molar-refractivity contribution in [1.82, 2.24) is 4.98 Å². The summed E-state index contributed by atoms with van der Waals surface area (Å²) < 4.78 is 12.5. The largest absolute Gasteiger partial charge is 0.494 e. The fourth-order valence-electron chi connectivity index (χ4n) is 3.92. The van der Waals surface area contributed by atoms with Gasteiger partial charge in [-0.2, -0.15) is 0 Å². The van der Waals surface area contributed by atoms with E-state index in [0.717, 1.165) is 32.7 Å². The van der Waals surface area contributed by atoms with Gasteiger partial charge < -0.3 is 9.15 Å². The van der Waals surface area contributed by atoms with Gasteiger partial charge >= 0.3 is 0 Å². The van der Waals surface area contributed by atoms with E-state index in [1.807, 2.05) is 51.1 Å². The zero-order chi connectivity index (χ0) is 23.8. The van der Waals surface area contributed by atoms with Gasteiger partial charge in [-0.15, -0.1) is 0 Å². The van der Waals surface area contributed by atoms with E-state index in [2.05, 4.69) is 10.3 Å². The summed E-state index contributed by atoms with van der Waals surface area (Å²) in [5.41, 5.74) is 4.42. The van der Waals surface area contributed by atoms with Gasteiger partial charge in [0.05, 0.1) is 22.2 Å². The molecular weight excluding hydrogens is 448 g/mol. The minimum absolute atomic E-state index is 0.0896. The number of fused-ring (bicyclic) bond motifs is 2. The van der Waals surface area contributed by atoms with E-state index in [4.69, 9.17) is 9.15 Å². The van der Waals surface area contributed by atoms with Crippen molar-refractivity contribution in [2.45, 2.75) is 20.8 Å². The maximum Gasteiger partial charge on any atom is 0.257 e. The number of hydrogen-bond donors (Lipinski definition) is 1. The number of carbonyl (C=O) groups excluding carboxylic acids is 1. The maximum atomic E-state index is 12.8. The van der Waals surface area contributed by atoms with E-state index in [0.29, 0.717) is 34.0 Å². The first-order valence-corrected chi connectivity index (χ1v) is 11.7. The van der Waals surface area contributed by atoms with Crippen LogP contribution in [0.15, 0.2) is 69.9 Å². The van der Waals surface area contributed by atoms with Gasteiger partial charge in [0, 0.05) is 17.2 Å². The fourth-order valence-corrected chi connectivity index (χ4v) is 4.81. The lowest BCUT2D eigenvalue weighted by Gasteiger charge is -2.07. The molecule has 170 valence electrons. The van der Waals surface area contributed by atoms with Crippen LogP contribution in [-0.4, -0.2) is 17.5 Å². The summed E-state index contributed by atoms with van der Waals surface area (Å²) in [6.07, 6.45) is 0. The Morgan fingerprint density at radius 1 is 1.06 bits per heavy atom. The van der Waals surface area contributed by atoms with E-state index < -0.39 is 0 Å². The van der Waals surface area contributed by atoms with Crippen LogP contribution in [0.5, 0.6) is 5.75 Å². The Hall–Kier alpha value is -3.97. The van der Waals surface area contributed by atoms with Crippen LogP contribution in [0.1, 0.15) is 28.4 Å². The number of anilines is 1. The number of aromatic nitrogens is 1. The Morgan fingerprint density at radius 2 is 1.85 bits per heavy atom. The number of ether oxygens (including phenoxy) is 1. The van der Waals surface area contributed by atoms with E-state index in [1.54, 1.807) is 24.3 Å². The average molecular weight is 471 g/mol. The normalized spacial score (nSPS) is 11.1. The predicted octanol–water partition coefficient (Wildman–Crippen LogP) is 6.34. The number of carbonyl (C=O) groups is 1. The molecule has 0 unspecified atom stereocenters. The highest BCUT2D eigenvalue weighted by atomic mass is 32.1. The number of hydrogen-bond acceptors (Lipinski definition) is 6. The number of amides is 1. The molecular formula is C27H22N2O4S. The van der Waals surface area contributed by atoms with Gasteiger partial charge in [-0.05, 0) is 68.3 Å². The quantitative estimate of drug-likeness (QED) is 0.324. The Morgan fingerprint density at radius 3 is 2.62 bits per heavy atom. The molecule has 0 saturated carbocycles. The third kappa shape index (κ3) is 4.18. The lowest BCUT2D eigenvalue weighted by atomic mass is 10.1. The lowest BCUT2D eigenvalue weighted by molar-refractivity contribution is 0.102. The molecule has 7 heteroatoms. The molecule has 2 heterocycles. The van der Waals surface area contributed by atoms with Crippen molar-refractivity contribution in [3.05, 3.63) is 87.6 Å². The fraction of sp³-hybridized carbons (Fsp3) is 0.148. The summed E-state index contributed by atoms with van der Waals surface area (Å²) in [6.45, 7) is 6.40. The van der Waals surface area contributed by atoms with Crippen molar-refractivity contribution in [2.24, 2.45) is 0 Å². The van der Waals surface area contributed by atoms with Gasteiger partial charge in [-0.3, -0.25) is 14.9 Å². The molecule has 5 aromatic rings. The van der Waals surface area contributed by atoms with Gasteiger partial charge in [0.1, 0.15) is 17.1 Å². The molecule has 0 aliphatic heterocycles. The molecule has 0 radical (unpaired) electrons. The molecule has 0 fully saturated rings. The third-order valence-electron chi connectivity index (χ3n) is 5.48. The SMILES string of the molecule is CCOc1ccc2nc(NC(=O)c3ccc(-c4cc(=O)c5cc(C)cc(C)c5o4)cc3)sc2c1. The minimum Gasteiger partial charge on any atom is -0.494 e. The van der Waals surface area contributed by atoms with Gasteiger partial charge in [0.15, 0.2) is 10.6 Å². The highest BCUT2D eigenvalue weighted by molar-refractivity contribution is 7.22. The Kier molecular flexibility index (Phi) is 5.63. The topological polar surface area (TPSA) is 81.4 Å². The van der Waals surface area contributed by atoms with Crippen LogP contribution >= 0.6 is 11.3 Å². The first-order valence-electron chi connectivity index (χ1n) is 10.9. The summed E-state index contributed by atoms with van der Waals surface area (Å²) in [5, 5.41) is 3.95. The number of nitrogens with one attached hydrogen (secondary N) is 1. The predicted molar refractivity (Wildman–Crippen MR) is 136 cm³/mol. The number of benzene rings is 3. The van der Waals surface area contributed by atoms with E-state index in [1.165, 1.54) is 17.4 Å². The van der Waals surface area contributed by atoms with Gasteiger partial charge in [0.2, 0.25) is 0 Å². The molecule has 0 spiro atoms. The molecule has 5 rings (SSSR count). The van der Waals surface area contributed by atoms with Crippen LogP contribution in [0.2, 0.25) is 0 Å². The van der Waals surface area contributed by atoms with Crippen molar-refractivity contribution in [3.63, 3.8) is 0 Å². The highest BCUT2D eigenvalue weighted by Crippen LogP contribution is 2.30. The van der Waals surface area contributed by atoms with Crippen LogP contribution in [0.4, 0.5) is 5.13 Å². The molecule has 0 aliphatic carbocycles. The van der Waals surface area contributed by atoms with Crippen LogP contribution in [-0.2, 0) is 0 Å². The molecule has 1 amide bonds. The molecule has 0 atom stereocenters. The van der Waals surface area contributed by atoms with Crippen molar-refractivity contribution in [1.29, 1.82) is 0 Å². The molecule has 0 aliphatic rings. The van der Waals surface area contributed by atoms with Crippen LogP contribution in [0, 0.1) is 13.8 Å². The van der Waals surface area contributed by atoms with Crippen molar-refractivity contribution in [3.8, 4) is 17.1 Å². The Bertz CT molecular complexity index is 1600. The van der Waals surface area contributed by atoms with Crippen molar-refractivity contribution >= 4 is 43.6 Å². The standard InChI is InChI=1S/C27H22N2O4S/c1-4-32-19-9-10-21-24(13-19)34-27(28-21)29-26(31)18-7-5-17(6-8-18)23-14-22(30)20-12-15(2)11-16(3)25(20)33-23/h5-14H,4H2,1-3H3,(H,28,29,31). The molecule has 0 saturated heterocycles. The van der Waals surface area contributed by atoms with Gasteiger partial charge in [-0.1, -0.05) is 29.5 Å². The Balaban J connectivity index is 1.38. The maximum absolute atomic E-state index is 12.8. The molecule has 6 nitrogen and oxygen atoms in total. The molecule has 34 heavy (non-hydrogen) atoms. The van der Waals surface area contributed by atoms with Crippen molar-refractivity contribution < 1.29 is 13.9 Å². The van der Waals surface area contributed by atoms with E-state index in [9.17, 15) is 9.59 Å². The Labute approximate surface area is 199 Å². The zero-order valence-electron chi connectivity index (χ0n) is 19.0. The summed E-state index contributed by atoms with van der Waals surface area (Å²) in [7, 11) is 0. The number of aryl methyl sites for hydroxylation is 2. The van der Waals surface area contributed by atoms with Crippen LogP contribution in [0.25, 0.3) is 32.5 Å². The molecule has 2 aromatic heterocycles. The summed E-state index contributed by atoms with van der Waals surface area (Å²) in [6, 6.07) is 17.9. The molecule has 1 N–H and O–H groups in total. The zero-order valence-corrected chi connectivity index (χ0v) is 19.8. The van der Waals surface area contributed by atoms with Crippen LogP contribution in [0.3, 0.4) is 0 Å². The lowest BCUT2D eigenvalue weighted by Crippen LogP contribution is -2.11. The molecule has 0 bridgehead atoms. The minimum atomic E-state index is -0.262. The number of rotatable bonds is 5. The second-order valence-electron chi connectivity index (χ2n) is 8.05. The third-order valence-corrected chi connectivity index (χ3v) is 6.42. The first-order chi connectivity index (χ1) is 16.4. The second kappa shape index (κ2) is 8.76. The molecule has 3 aromatic carbocycles.